The standard InChI is InChI=1S/C24H32FN3O3/c1-3-26-24(28-16-21(29)19-12-6-7-13-20(19)25)27-15-17-9-8-14-22(30-2)23(17)31-18-10-4-5-11-18/h6-9,12-14,18,21,29H,3-5,10-11,15-16H2,1-2H3,(H2,26,27,28). The predicted octanol–water partition coefficient (Wildman–Crippen LogP) is 3.94. The quantitative estimate of drug-likeness (QED) is 0.416. The van der Waals surface area contributed by atoms with Gasteiger partial charge in [0.05, 0.1) is 25.9 Å². The molecule has 3 rings (SSSR count). The van der Waals surface area contributed by atoms with Crippen LogP contribution in [0.2, 0.25) is 0 Å². The molecule has 3 N–H and O–H groups in total. The fourth-order valence-electron chi connectivity index (χ4n) is 3.71. The number of hydrogen-bond donors (Lipinski definition) is 3. The van der Waals surface area contributed by atoms with Gasteiger partial charge in [0, 0.05) is 24.2 Å². The number of aliphatic hydroxyl groups is 1. The van der Waals surface area contributed by atoms with Crippen molar-refractivity contribution in [3.8, 4) is 11.5 Å². The monoisotopic (exact) mass is 429 g/mol. The molecule has 0 radical (unpaired) electrons. The summed E-state index contributed by atoms with van der Waals surface area (Å²) < 4.78 is 25.7. The van der Waals surface area contributed by atoms with Crippen LogP contribution in [0.1, 0.15) is 49.8 Å². The minimum Gasteiger partial charge on any atom is -0.493 e. The molecule has 0 spiro atoms. The van der Waals surface area contributed by atoms with Gasteiger partial charge in [0.1, 0.15) is 5.82 Å². The highest BCUT2D eigenvalue weighted by molar-refractivity contribution is 5.79. The van der Waals surface area contributed by atoms with Gasteiger partial charge < -0.3 is 25.2 Å². The number of para-hydroxylation sites is 1. The van der Waals surface area contributed by atoms with Crippen LogP contribution in [0.15, 0.2) is 47.5 Å². The van der Waals surface area contributed by atoms with E-state index in [1.807, 2.05) is 25.1 Å². The summed E-state index contributed by atoms with van der Waals surface area (Å²) in [4.78, 5) is 4.64. The summed E-state index contributed by atoms with van der Waals surface area (Å²) in [6, 6.07) is 12.0. The number of benzene rings is 2. The first-order valence-electron chi connectivity index (χ1n) is 10.9. The van der Waals surface area contributed by atoms with Crippen molar-refractivity contribution in [3.05, 3.63) is 59.4 Å². The van der Waals surface area contributed by atoms with Crippen LogP contribution in [0.3, 0.4) is 0 Å². The number of rotatable bonds is 9. The number of guanidine groups is 1. The molecular formula is C24H32FN3O3. The first kappa shape index (κ1) is 22.9. The van der Waals surface area contributed by atoms with Gasteiger partial charge in [-0.2, -0.15) is 0 Å². The molecule has 7 heteroatoms. The maximum Gasteiger partial charge on any atom is 0.191 e. The van der Waals surface area contributed by atoms with Crippen molar-refractivity contribution in [2.45, 2.75) is 51.4 Å². The second kappa shape index (κ2) is 11.6. The molecule has 1 aliphatic rings. The second-order valence-electron chi connectivity index (χ2n) is 7.59. The van der Waals surface area contributed by atoms with Gasteiger partial charge in [-0.15, -0.1) is 0 Å². The topological polar surface area (TPSA) is 75.1 Å². The SMILES string of the molecule is CCNC(=NCc1cccc(OC)c1OC1CCCC1)NCC(O)c1ccccc1F. The fraction of sp³-hybridized carbons (Fsp3) is 0.458. The molecule has 0 saturated heterocycles. The lowest BCUT2D eigenvalue weighted by atomic mass is 10.1. The molecule has 168 valence electrons. The molecule has 31 heavy (non-hydrogen) atoms. The Labute approximate surface area is 183 Å². The zero-order chi connectivity index (χ0) is 22.1. The van der Waals surface area contributed by atoms with Crippen LogP contribution in [0.25, 0.3) is 0 Å². The smallest absolute Gasteiger partial charge is 0.191 e. The zero-order valence-electron chi connectivity index (χ0n) is 18.2. The van der Waals surface area contributed by atoms with Gasteiger partial charge in [-0.05, 0) is 44.7 Å². The lowest BCUT2D eigenvalue weighted by Crippen LogP contribution is -2.39. The first-order valence-corrected chi connectivity index (χ1v) is 10.9. The van der Waals surface area contributed by atoms with Crippen LogP contribution in [-0.2, 0) is 6.54 Å². The summed E-state index contributed by atoms with van der Waals surface area (Å²) in [6.07, 6.45) is 3.71. The zero-order valence-corrected chi connectivity index (χ0v) is 18.2. The molecule has 0 aliphatic heterocycles. The van der Waals surface area contributed by atoms with Crippen molar-refractivity contribution in [1.29, 1.82) is 0 Å². The maximum atomic E-state index is 13.9. The van der Waals surface area contributed by atoms with Gasteiger partial charge in [0.15, 0.2) is 17.5 Å². The molecule has 1 fully saturated rings. The molecule has 1 saturated carbocycles. The average molecular weight is 430 g/mol. The Bertz CT molecular complexity index is 869. The number of aliphatic imine (C=N–C) groups is 1. The maximum absolute atomic E-state index is 13.9. The lowest BCUT2D eigenvalue weighted by Gasteiger charge is -2.19. The van der Waals surface area contributed by atoms with E-state index >= 15 is 0 Å². The van der Waals surface area contributed by atoms with E-state index in [-0.39, 0.29) is 18.2 Å². The average Bonchev–Trinajstić information content (AvgIpc) is 3.29. The van der Waals surface area contributed by atoms with Crippen LogP contribution in [0, 0.1) is 5.82 Å². The normalized spacial score (nSPS) is 15.5. The van der Waals surface area contributed by atoms with E-state index in [9.17, 15) is 9.50 Å². The molecule has 2 aromatic carbocycles. The number of nitrogens with one attached hydrogen (secondary N) is 2. The minimum absolute atomic E-state index is 0.135. The predicted molar refractivity (Wildman–Crippen MR) is 120 cm³/mol. The highest BCUT2D eigenvalue weighted by atomic mass is 19.1. The highest BCUT2D eigenvalue weighted by Gasteiger charge is 2.20. The van der Waals surface area contributed by atoms with E-state index in [0.717, 1.165) is 24.2 Å². The van der Waals surface area contributed by atoms with Gasteiger partial charge in [-0.25, -0.2) is 9.38 Å². The van der Waals surface area contributed by atoms with Crippen molar-refractivity contribution in [2.75, 3.05) is 20.2 Å². The number of ether oxygens (including phenoxy) is 2. The summed E-state index contributed by atoms with van der Waals surface area (Å²) >= 11 is 0. The van der Waals surface area contributed by atoms with Crippen molar-refractivity contribution >= 4 is 5.96 Å². The molecule has 1 unspecified atom stereocenters. The van der Waals surface area contributed by atoms with Crippen molar-refractivity contribution in [2.24, 2.45) is 4.99 Å². The van der Waals surface area contributed by atoms with E-state index < -0.39 is 11.9 Å². The van der Waals surface area contributed by atoms with Gasteiger partial charge in [0.2, 0.25) is 0 Å². The molecule has 0 bridgehead atoms. The largest absolute Gasteiger partial charge is 0.493 e. The molecular weight excluding hydrogens is 397 g/mol. The number of methoxy groups -OCH3 is 1. The van der Waals surface area contributed by atoms with Crippen LogP contribution >= 0.6 is 0 Å². The van der Waals surface area contributed by atoms with Crippen molar-refractivity contribution < 1.29 is 19.0 Å². The molecule has 6 nitrogen and oxygen atoms in total. The Hall–Kier alpha value is -2.80. The Balaban J connectivity index is 1.70. The van der Waals surface area contributed by atoms with Gasteiger partial charge in [-0.1, -0.05) is 30.3 Å². The molecule has 2 aromatic rings. The van der Waals surface area contributed by atoms with E-state index in [1.54, 1.807) is 25.3 Å². The Morgan fingerprint density at radius 2 is 1.94 bits per heavy atom. The van der Waals surface area contributed by atoms with Gasteiger partial charge in [0.25, 0.3) is 0 Å². The lowest BCUT2D eigenvalue weighted by molar-refractivity contribution is 0.176. The Morgan fingerprint density at radius 3 is 2.65 bits per heavy atom. The highest BCUT2D eigenvalue weighted by Crippen LogP contribution is 2.35. The second-order valence-corrected chi connectivity index (χ2v) is 7.59. The number of aliphatic hydroxyl groups excluding tert-OH is 1. The molecule has 0 heterocycles. The van der Waals surface area contributed by atoms with Crippen LogP contribution in [0.5, 0.6) is 11.5 Å². The fourth-order valence-corrected chi connectivity index (χ4v) is 3.71. The van der Waals surface area contributed by atoms with E-state index in [1.165, 1.54) is 18.9 Å². The van der Waals surface area contributed by atoms with Crippen LogP contribution in [0.4, 0.5) is 4.39 Å². The van der Waals surface area contributed by atoms with Crippen LogP contribution < -0.4 is 20.1 Å². The summed E-state index contributed by atoms with van der Waals surface area (Å²) in [5.74, 6) is 1.55. The molecule has 1 aliphatic carbocycles. The summed E-state index contributed by atoms with van der Waals surface area (Å²) in [6.45, 7) is 3.14. The summed E-state index contributed by atoms with van der Waals surface area (Å²) in [5, 5.41) is 16.6. The minimum atomic E-state index is -0.983. The van der Waals surface area contributed by atoms with E-state index in [4.69, 9.17) is 9.47 Å². The van der Waals surface area contributed by atoms with Crippen molar-refractivity contribution in [1.82, 2.24) is 10.6 Å². The number of hydrogen-bond acceptors (Lipinski definition) is 4. The Morgan fingerprint density at radius 1 is 1.16 bits per heavy atom. The number of nitrogens with zero attached hydrogens (tertiary/aromatic N) is 1. The summed E-state index contributed by atoms with van der Waals surface area (Å²) in [7, 11) is 1.64. The van der Waals surface area contributed by atoms with Crippen LogP contribution in [-0.4, -0.2) is 37.4 Å². The molecule has 0 aromatic heterocycles. The van der Waals surface area contributed by atoms with Gasteiger partial charge in [-0.3, -0.25) is 0 Å². The third-order valence-electron chi connectivity index (χ3n) is 5.35. The molecule has 1 atom stereocenters. The molecule has 0 amide bonds. The third-order valence-corrected chi connectivity index (χ3v) is 5.35. The van der Waals surface area contributed by atoms with Gasteiger partial charge >= 0.3 is 0 Å². The first-order chi connectivity index (χ1) is 15.1. The van der Waals surface area contributed by atoms with Crippen molar-refractivity contribution in [3.63, 3.8) is 0 Å². The third kappa shape index (κ3) is 6.34. The number of halogens is 1. The Kier molecular flexibility index (Phi) is 8.53. The van der Waals surface area contributed by atoms with E-state index in [0.29, 0.717) is 24.8 Å². The van der Waals surface area contributed by atoms with E-state index in [2.05, 4.69) is 15.6 Å². The summed E-state index contributed by atoms with van der Waals surface area (Å²) in [5.41, 5.74) is 1.18.